The van der Waals surface area contributed by atoms with Crippen molar-refractivity contribution in [2.45, 2.75) is 25.9 Å². The third-order valence-corrected chi connectivity index (χ3v) is 2.59. The Morgan fingerprint density at radius 3 is 1.87 bits per heavy atom. The number of benzene rings is 1. The van der Waals surface area contributed by atoms with Crippen LogP contribution in [0.5, 0.6) is 0 Å². The van der Waals surface area contributed by atoms with E-state index in [0.717, 1.165) is 0 Å². The van der Waals surface area contributed by atoms with Gasteiger partial charge in [-0.1, -0.05) is 38.1 Å². The molecule has 15 heavy (non-hydrogen) atoms. The van der Waals surface area contributed by atoms with Gasteiger partial charge in [0.25, 0.3) is 0 Å². The maximum atomic E-state index is 5.51. The number of hydrazine groups is 1. The summed E-state index contributed by atoms with van der Waals surface area (Å²) < 4.78 is 0. The average molecular weight is 207 g/mol. The topological polar surface area (TPSA) is 41.3 Å². The fourth-order valence-corrected chi connectivity index (χ4v) is 1.61. The molecule has 84 valence electrons. The zero-order valence-corrected chi connectivity index (χ0v) is 9.99. The highest BCUT2D eigenvalue weighted by Gasteiger charge is 2.11. The molecule has 0 fully saturated rings. The summed E-state index contributed by atoms with van der Waals surface area (Å²) >= 11 is 0. The van der Waals surface area contributed by atoms with Gasteiger partial charge in [0, 0.05) is 0 Å². The summed E-state index contributed by atoms with van der Waals surface area (Å²) in [6.07, 6.45) is 0.0752. The molecule has 1 rings (SSSR count). The Labute approximate surface area is 92.2 Å². The maximum absolute atomic E-state index is 5.51. The molecule has 0 spiro atoms. The second-order valence-corrected chi connectivity index (χ2v) is 4.35. The van der Waals surface area contributed by atoms with Gasteiger partial charge in [-0.3, -0.25) is 10.7 Å². The van der Waals surface area contributed by atoms with Crippen LogP contribution in [0.4, 0.5) is 0 Å². The van der Waals surface area contributed by atoms with Gasteiger partial charge in [0.2, 0.25) is 0 Å². The van der Waals surface area contributed by atoms with Gasteiger partial charge >= 0.3 is 0 Å². The molecule has 3 nitrogen and oxygen atoms in total. The largest absolute Gasteiger partial charge is 0.289 e. The molecule has 0 saturated carbocycles. The molecule has 1 atom stereocenters. The van der Waals surface area contributed by atoms with Crippen LogP contribution in [0.15, 0.2) is 24.3 Å². The summed E-state index contributed by atoms with van der Waals surface area (Å²) in [4.78, 5) is 2.05. The van der Waals surface area contributed by atoms with E-state index in [1.54, 1.807) is 0 Å². The molecular weight excluding hydrogens is 186 g/mol. The summed E-state index contributed by atoms with van der Waals surface area (Å²) in [6, 6.07) is 8.57. The van der Waals surface area contributed by atoms with E-state index in [4.69, 9.17) is 5.84 Å². The monoisotopic (exact) mass is 207 g/mol. The van der Waals surface area contributed by atoms with E-state index in [-0.39, 0.29) is 6.17 Å². The van der Waals surface area contributed by atoms with Crippen LogP contribution in [0.2, 0.25) is 0 Å². The van der Waals surface area contributed by atoms with Crippen LogP contribution in [0, 0.1) is 0 Å². The first-order valence-electron chi connectivity index (χ1n) is 5.28. The Balaban J connectivity index is 2.87. The lowest BCUT2D eigenvalue weighted by atomic mass is 10.0. The maximum Gasteiger partial charge on any atom is 0.0980 e. The predicted molar refractivity (Wildman–Crippen MR) is 64.3 cm³/mol. The first-order valence-corrected chi connectivity index (χ1v) is 5.28. The Kier molecular flexibility index (Phi) is 4.27. The number of hydrogen-bond acceptors (Lipinski definition) is 3. The molecule has 0 aliphatic carbocycles. The number of nitrogens with two attached hydrogens (primary N) is 1. The molecule has 0 bridgehead atoms. The lowest BCUT2D eigenvalue weighted by Gasteiger charge is -2.24. The quantitative estimate of drug-likeness (QED) is 0.449. The van der Waals surface area contributed by atoms with Crippen molar-refractivity contribution < 1.29 is 0 Å². The second-order valence-electron chi connectivity index (χ2n) is 4.35. The normalized spacial score (nSPS) is 13.5. The van der Waals surface area contributed by atoms with Crippen LogP contribution in [0.25, 0.3) is 0 Å². The molecule has 0 amide bonds. The van der Waals surface area contributed by atoms with Gasteiger partial charge in [-0.25, -0.2) is 5.43 Å². The summed E-state index contributed by atoms with van der Waals surface area (Å²) in [6.45, 7) is 4.39. The van der Waals surface area contributed by atoms with Gasteiger partial charge in [-0.2, -0.15) is 0 Å². The van der Waals surface area contributed by atoms with Crippen LogP contribution >= 0.6 is 0 Å². The molecule has 0 aromatic heterocycles. The minimum absolute atomic E-state index is 0.0752. The highest BCUT2D eigenvalue weighted by Crippen LogP contribution is 2.19. The Hall–Kier alpha value is -0.900. The van der Waals surface area contributed by atoms with Crippen LogP contribution in [-0.4, -0.2) is 19.0 Å². The molecule has 1 unspecified atom stereocenters. The van der Waals surface area contributed by atoms with E-state index < -0.39 is 0 Å². The van der Waals surface area contributed by atoms with Crippen molar-refractivity contribution in [1.82, 2.24) is 10.3 Å². The van der Waals surface area contributed by atoms with Crippen molar-refractivity contribution >= 4 is 0 Å². The molecule has 1 aromatic rings. The van der Waals surface area contributed by atoms with Gasteiger partial charge < -0.3 is 0 Å². The molecule has 3 heteroatoms. The smallest absolute Gasteiger partial charge is 0.0980 e. The van der Waals surface area contributed by atoms with Gasteiger partial charge in [0.05, 0.1) is 6.17 Å². The minimum atomic E-state index is 0.0752. The van der Waals surface area contributed by atoms with Crippen molar-refractivity contribution in [3.8, 4) is 0 Å². The molecule has 0 heterocycles. The van der Waals surface area contributed by atoms with E-state index in [0.29, 0.717) is 5.92 Å². The summed E-state index contributed by atoms with van der Waals surface area (Å²) in [5, 5.41) is 0. The van der Waals surface area contributed by atoms with Crippen molar-refractivity contribution in [2.24, 2.45) is 5.84 Å². The third kappa shape index (κ3) is 3.02. The fraction of sp³-hybridized carbons (Fsp3) is 0.500. The first kappa shape index (κ1) is 12.2. The van der Waals surface area contributed by atoms with Crippen molar-refractivity contribution in [3.05, 3.63) is 35.4 Å². The second kappa shape index (κ2) is 5.26. The van der Waals surface area contributed by atoms with E-state index in [1.807, 2.05) is 19.0 Å². The zero-order valence-electron chi connectivity index (χ0n) is 9.99. The van der Waals surface area contributed by atoms with E-state index in [9.17, 15) is 0 Å². The number of rotatable bonds is 4. The molecule has 1 aromatic carbocycles. The molecule has 3 N–H and O–H groups in total. The highest BCUT2D eigenvalue weighted by molar-refractivity contribution is 5.26. The molecular formula is C12H21N3. The number of nitrogens with one attached hydrogen (secondary N) is 1. The van der Waals surface area contributed by atoms with Crippen LogP contribution in [-0.2, 0) is 0 Å². The average Bonchev–Trinajstić information content (AvgIpc) is 2.19. The molecule has 0 aliphatic heterocycles. The van der Waals surface area contributed by atoms with Crippen LogP contribution in [0.1, 0.15) is 37.1 Å². The van der Waals surface area contributed by atoms with Gasteiger partial charge in [0.15, 0.2) is 0 Å². The molecule has 0 radical (unpaired) electrons. The minimum Gasteiger partial charge on any atom is -0.289 e. The Bertz CT molecular complexity index is 290. The molecule has 0 aliphatic rings. The van der Waals surface area contributed by atoms with E-state index >= 15 is 0 Å². The SMILES string of the molecule is CC(C)c1ccc(C(NN)N(C)C)cc1. The predicted octanol–water partition coefficient (Wildman–Crippen LogP) is 1.83. The summed E-state index contributed by atoms with van der Waals surface area (Å²) in [5.74, 6) is 6.08. The number of hydrogen-bond donors (Lipinski definition) is 2. The Morgan fingerprint density at radius 2 is 1.53 bits per heavy atom. The zero-order chi connectivity index (χ0) is 11.4. The summed E-state index contributed by atoms with van der Waals surface area (Å²) in [5.41, 5.74) is 5.33. The standard InChI is InChI=1S/C12H21N3/c1-9(2)10-5-7-11(8-6-10)12(14-13)15(3)4/h5-9,12,14H,13H2,1-4H3. The third-order valence-electron chi connectivity index (χ3n) is 2.59. The van der Waals surface area contributed by atoms with Crippen molar-refractivity contribution in [3.63, 3.8) is 0 Å². The lowest BCUT2D eigenvalue weighted by Crippen LogP contribution is -2.37. The van der Waals surface area contributed by atoms with Crippen LogP contribution < -0.4 is 11.3 Å². The lowest BCUT2D eigenvalue weighted by molar-refractivity contribution is 0.253. The number of nitrogens with zero attached hydrogens (tertiary/aromatic N) is 1. The van der Waals surface area contributed by atoms with Crippen molar-refractivity contribution in [2.75, 3.05) is 14.1 Å². The van der Waals surface area contributed by atoms with Gasteiger partial charge in [-0.05, 0) is 31.1 Å². The highest BCUT2D eigenvalue weighted by atomic mass is 15.4. The Morgan fingerprint density at radius 1 is 1.07 bits per heavy atom. The summed E-state index contributed by atoms with van der Waals surface area (Å²) in [7, 11) is 4.00. The van der Waals surface area contributed by atoms with E-state index in [2.05, 4.69) is 43.5 Å². The van der Waals surface area contributed by atoms with Crippen molar-refractivity contribution in [1.29, 1.82) is 0 Å². The fourth-order valence-electron chi connectivity index (χ4n) is 1.61. The van der Waals surface area contributed by atoms with E-state index in [1.165, 1.54) is 11.1 Å². The molecule has 0 saturated heterocycles. The van der Waals surface area contributed by atoms with Crippen LogP contribution in [0.3, 0.4) is 0 Å². The van der Waals surface area contributed by atoms with Gasteiger partial charge in [0.1, 0.15) is 0 Å². The first-order chi connectivity index (χ1) is 7.06. The van der Waals surface area contributed by atoms with Gasteiger partial charge in [-0.15, -0.1) is 0 Å².